The number of aliphatic hydroxyl groups is 1. The number of carboxylic acid groups (broad SMARTS) is 1. The normalized spacial score (nSPS) is 45.1. The predicted octanol–water partition coefficient (Wildman–Crippen LogP) is 3.63. The lowest BCUT2D eigenvalue weighted by Gasteiger charge is -2.46. The van der Waals surface area contributed by atoms with Gasteiger partial charge in [-0.1, -0.05) is 31.4 Å². The van der Waals surface area contributed by atoms with Crippen LogP contribution in [0.1, 0.15) is 39.0 Å². The average molecular weight is 300 g/mol. The molecule has 0 aliphatic heterocycles. The molecule has 2 saturated carbocycles. The van der Waals surface area contributed by atoms with Crippen LogP contribution in [0.3, 0.4) is 0 Å². The first kappa shape index (κ1) is 15.3. The number of hydrogen-bond acceptors (Lipinski definition) is 2. The fraction of sp³-hybridized carbons (Fsp3) is 0.526. The first-order chi connectivity index (χ1) is 10.3. The lowest BCUT2D eigenvalue weighted by molar-refractivity contribution is -0.148. The van der Waals surface area contributed by atoms with E-state index in [4.69, 9.17) is 0 Å². The molecule has 3 nitrogen and oxygen atoms in total. The van der Waals surface area contributed by atoms with Gasteiger partial charge in [0, 0.05) is 0 Å². The molecule has 22 heavy (non-hydrogen) atoms. The van der Waals surface area contributed by atoms with Crippen LogP contribution in [0.2, 0.25) is 0 Å². The van der Waals surface area contributed by atoms with Crippen LogP contribution in [0.4, 0.5) is 0 Å². The molecule has 0 radical (unpaired) electrons. The maximum atomic E-state index is 12.1. The van der Waals surface area contributed by atoms with Gasteiger partial charge in [0.25, 0.3) is 0 Å². The van der Waals surface area contributed by atoms with Crippen LogP contribution >= 0.6 is 0 Å². The number of fused-ring (bicyclic) bond motifs is 1. The van der Waals surface area contributed by atoms with Crippen LogP contribution in [-0.4, -0.2) is 21.8 Å². The third-order valence-corrected chi connectivity index (χ3v) is 6.12. The van der Waals surface area contributed by atoms with Crippen molar-refractivity contribution in [3.63, 3.8) is 0 Å². The molecule has 2 bridgehead atoms. The molecule has 3 aliphatic rings. The average Bonchev–Trinajstić information content (AvgIpc) is 2.66. The minimum absolute atomic E-state index is 0.250. The van der Waals surface area contributed by atoms with Crippen LogP contribution < -0.4 is 0 Å². The van der Waals surface area contributed by atoms with Gasteiger partial charge in [-0.3, -0.25) is 4.79 Å². The van der Waals surface area contributed by atoms with E-state index in [0.717, 1.165) is 24.0 Å². The summed E-state index contributed by atoms with van der Waals surface area (Å²) < 4.78 is 0. The van der Waals surface area contributed by atoms with Gasteiger partial charge in [0.2, 0.25) is 0 Å². The highest BCUT2D eigenvalue weighted by Gasteiger charge is 2.61. The molecule has 2 N–H and O–H groups in total. The van der Waals surface area contributed by atoms with Gasteiger partial charge in [-0.15, -0.1) is 0 Å². The summed E-state index contributed by atoms with van der Waals surface area (Å²) in [5.74, 6) is -1.23. The predicted molar refractivity (Wildman–Crippen MR) is 86.3 cm³/mol. The zero-order valence-corrected chi connectivity index (χ0v) is 13.1. The van der Waals surface area contributed by atoms with Crippen molar-refractivity contribution in [1.82, 2.24) is 0 Å². The van der Waals surface area contributed by atoms with Crippen LogP contribution in [0.15, 0.2) is 48.1 Å². The summed E-state index contributed by atoms with van der Waals surface area (Å²) in [5, 5.41) is 20.8. The Balaban J connectivity index is 2.16. The number of allylic oxidation sites excluding steroid dienone is 4. The molecule has 3 rings (SSSR count). The van der Waals surface area contributed by atoms with Crippen LogP contribution in [0, 0.1) is 17.3 Å². The van der Waals surface area contributed by atoms with E-state index in [1.807, 2.05) is 19.1 Å². The van der Waals surface area contributed by atoms with E-state index >= 15 is 0 Å². The molecule has 2 fully saturated rings. The molecular formula is C19H24O3. The van der Waals surface area contributed by atoms with Gasteiger partial charge < -0.3 is 10.2 Å². The lowest BCUT2D eigenvalue weighted by atomic mass is 9.57. The Labute approximate surface area is 131 Å². The van der Waals surface area contributed by atoms with E-state index in [9.17, 15) is 15.0 Å². The van der Waals surface area contributed by atoms with Crippen molar-refractivity contribution in [3.05, 3.63) is 48.1 Å². The number of rotatable bonds is 1. The molecule has 0 heterocycles. The zero-order chi connectivity index (χ0) is 16.1. The highest BCUT2D eigenvalue weighted by molar-refractivity contribution is 5.77. The second-order valence-electron chi connectivity index (χ2n) is 7.27. The van der Waals surface area contributed by atoms with Crippen molar-refractivity contribution in [2.24, 2.45) is 17.3 Å². The highest BCUT2D eigenvalue weighted by Crippen LogP contribution is 2.64. The van der Waals surface area contributed by atoms with E-state index in [1.165, 1.54) is 0 Å². The molecular weight excluding hydrogens is 276 g/mol. The van der Waals surface area contributed by atoms with Gasteiger partial charge in [0.1, 0.15) is 0 Å². The molecule has 3 aliphatic carbocycles. The summed E-state index contributed by atoms with van der Waals surface area (Å²) in [7, 11) is 0. The summed E-state index contributed by atoms with van der Waals surface area (Å²) in [6.07, 6.45) is 9.55. The topological polar surface area (TPSA) is 57.5 Å². The Morgan fingerprint density at radius 3 is 2.82 bits per heavy atom. The Kier molecular flexibility index (Phi) is 3.44. The SMILES string of the molecule is C=C1/C(C)=C\C=C/C[C@@H]2CC[C@]3(O)C[C@]2(CC3=C)[C@H]1C(=O)O. The van der Waals surface area contributed by atoms with Crippen LogP contribution in [0.25, 0.3) is 0 Å². The lowest BCUT2D eigenvalue weighted by Crippen LogP contribution is -2.46. The van der Waals surface area contributed by atoms with Crippen molar-refractivity contribution in [2.45, 2.75) is 44.6 Å². The maximum absolute atomic E-state index is 12.1. The maximum Gasteiger partial charge on any atom is 0.311 e. The highest BCUT2D eigenvalue weighted by atomic mass is 16.4. The molecule has 3 heteroatoms. The van der Waals surface area contributed by atoms with Gasteiger partial charge in [-0.05, 0) is 67.1 Å². The summed E-state index contributed by atoms with van der Waals surface area (Å²) in [4.78, 5) is 12.1. The quantitative estimate of drug-likeness (QED) is 0.727. The zero-order valence-electron chi connectivity index (χ0n) is 13.1. The van der Waals surface area contributed by atoms with Crippen LogP contribution in [-0.2, 0) is 4.79 Å². The standard InChI is InChI=1S/C19H24O3/c1-12-6-4-5-7-15-8-9-19(22)11-18(15,10-13(19)2)16(14(12)3)17(20)21/h4-6,15-16,22H,2-3,7-11H2,1H3,(H,20,21)/b5-4-,12-6-/t15-,16-,18+,19+/m1/s1. The third kappa shape index (κ3) is 2.03. The van der Waals surface area contributed by atoms with E-state index < -0.39 is 22.9 Å². The van der Waals surface area contributed by atoms with Crippen molar-refractivity contribution in [3.8, 4) is 0 Å². The van der Waals surface area contributed by atoms with Crippen molar-refractivity contribution < 1.29 is 15.0 Å². The molecule has 0 aromatic carbocycles. The molecule has 4 atom stereocenters. The summed E-state index contributed by atoms with van der Waals surface area (Å²) in [6.45, 7) is 10.1. The first-order valence-corrected chi connectivity index (χ1v) is 7.96. The molecule has 1 spiro atoms. The summed E-state index contributed by atoms with van der Waals surface area (Å²) in [5.41, 5.74) is 1.03. The number of hydrogen-bond donors (Lipinski definition) is 2. The summed E-state index contributed by atoms with van der Waals surface area (Å²) >= 11 is 0. The second-order valence-corrected chi connectivity index (χ2v) is 7.27. The van der Waals surface area contributed by atoms with Gasteiger partial charge in [-0.25, -0.2) is 0 Å². The van der Waals surface area contributed by atoms with Crippen molar-refractivity contribution in [1.29, 1.82) is 0 Å². The number of carbonyl (C=O) groups is 1. The van der Waals surface area contributed by atoms with E-state index in [0.29, 0.717) is 24.8 Å². The molecule has 0 unspecified atom stereocenters. The molecule has 0 amide bonds. The Morgan fingerprint density at radius 2 is 2.14 bits per heavy atom. The molecule has 0 saturated heterocycles. The van der Waals surface area contributed by atoms with Gasteiger partial charge in [-0.2, -0.15) is 0 Å². The smallest absolute Gasteiger partial charge is 0.311 e. The summed E-state index contributed by atoms with van der Waals surface area (Å²) in [6, 6.07) is 0. The van der Waals surface area contributed by atoms with E-state index in [-0.39, 0.29) is 5.92 Å². The Hall–Kier alpha value is -1.61. The monoisotopic (exact) mass is 300 g/mol. The van der Waals surface area contributed by atoms with Gasteiger partial charge in [0.05, 0.1) is 11.5 Å². The number of carboxylic acids is 1. The van der Waals surface area contributed by atoms with E-state index in [1.54, 1.807) is 0 Å². The number of aliphatic carboxylic acids is 1. The van der Waals surface area contributed by atoms with Gasteiger partial charge in [0.15, 0.2) is 0 Å². The van der Waals surface area contributed by atoms with Crippen molar-refractivity contribution in [2.75, 3.05) is 0 Å². The minimum atomic E-state index is -0.889. The van der Waals surface area contributed by atoms with Crippen molar-refractivity contribution >= 4 is 5.97 Å². The largest absolute Gasteiger partial charge is 0.481 e. The second kappa shape index (κ2) is 4.95. The minimum Gasteiger partial charge on any atom is -0.481 e. The van der Waals surface area contributed by atoms with E-state index in [2.05, 4.69) is 19.2 Å². The fourth-order valence-electron chi connectivity index (χ4n) is 4.87. The third-order valence-electron chi connectivity index (χ3n) is 6.12. The Bertz CT molecular complexity index is 612. The molecule has 0 aromatic rings. The fourth-order valence-corrected chi connectivity index (χ4v) is 4.87. The first-order valence-electron chi connectivity index (χ1n) is 7.96. The molecule has 118 valence electrons. The Morgan fingerprint density at radius 1 is 1.41 bits per heavy atom. The van der Waals surface area contributed by atoms with Gasteiger partial charge >= 0.3 is 5.97 Å². The van der Waals surface area contributed by atoms with Crippen LogP contribution in [0.5, 0.6) is 0 Å². The molecule has 0 aromatic heterocycles.